The lowest BCUT2D eigenvalue weighted by atomic mass is 10.1. The van der Waals surface area contributed by atoms with Gasteiger partial charge in [-0.1, -0.05) is 0 Å². The number of carbonyl (C=O) groups is 1. The van der Waals surface area contributed by atoms with Crippen molar-refractivity contribution in [2.24, 2.45) is 0 Å². The molecular formula is C13H18N2O4. The second kappa shape index (κ2) is 6.84. The van der Waals surface area contributed by atoms with E-state index in [4.69, 9.17) is 4.74 Å². The number of rotatable bonds is 7. The van der Waals surface area contributed by atoms with Gasteiger partial charge in [0.25, 0.3) is 5.69 Å². The number of likely N-dealkylation sites (N-methyl/N-ethyl adjacent to an activating group) is 1. The van der Waals surface area contributed by atoms with Gasteiger partial charge in [0.1, 0.15) is 0 Å². The van der Waals surface area contributed by atoms with Gasteiger partial charge >= 0.3 is 0 Å². The first-order chi connectivity index (χ1) is 8.95. The monoisotopic (exact) mass is 266 g/mol. The highest BCUT2D eigenvalue weighted by Gasteiger charge is 2.13. The van der Waals surface area contributed by atoms with Crippen molar-refractivity contribution >= 4 is 17.7 Å². The van der Waals surface area contributed by atoms with Crippen molar-refractivity contribution in [3.05, 3.63) is 33.9 Å². The van der Waals surface area contributed by atoms with E-state index in [1.165, 1.54) is 12.1 Å². The largest absolute Gasteiger partial charge is 0.377 e. The van der Waals surface area contributed by atoms with Crippen LogP contribution in [0.1, 0.15) is 24.2 Å². The highest BCUT2D eigenvalue weighted by atomic mass is 16.6. The Morgan fingerprint density at radius 3 is 2.68 bits per heavy atom. The standard InChI is InChI=1S/C13H18N2O4/c1-10(2)19-7-6-14(3)13-5-4-12(15(17)18)8-11(13)9-16/h4-5,8-10H,6-7H2,1-3H3. The predicted octanol–water partition coefficient (Wildman–Crippen LogP) is 2.27. The van der Waals surface area contributed by atoms with E-state index in [-0.39, 0.29) is 11.8 Å². The summed E-state index contributed by atoms with van der Waals surface area (Å²) in [7, 11) is 1.82. The Bertz CT molecular complexity index is 460. The van der Waals surface area contributed by atoms with E-state index < -0.39 is 4.92 Å². The van der Waals surface area contributed by atoms with Crippen LogP contribution in [-0.2, 0) is 4.74 Å². The van der Waals surface area contributed by atoms with E-state index in [1.807, 2.05) is 25.8 Å². The third-order valence-corrected chi connectivity index (χ3v) is 2.64. The van der Waals surface area contributed by atoms with Crippen LogP contribution in [0.3, 0.4) is 0 Å². The number of carbonyl (C=O) groups excluding carboxylic acids is 1. The Hall–Kier alpha value is -1.95. The van der Waals surface area contributed by atoms with Gasteiger partial charge < -0.3 is 9.64 Å². The fraction of sp³-hybridized carbons (Fsp3) is 0.462. The van der Waals surface area contributed by atoms with Crippen LogP contribution >= 0.6 is 0 Å². The Morgan fingerprint density at radius 1 is 1.47 bits per heavy atom. The molecule has 0 aliphatic heterocycles. The highest BCUT2D eigenvalue weighted by Crippen LogP contribution is 2.23. The van der Waals surface area contributed by atoms with Crippen LogP contribution in [0.25, 0.3) is 0 Å². The first-order valence-electron chi connectivity index (χ1n) is 6.02. The summed E-state index contributed by atoms with van der Waals surface area (Å²) in [6.45, 7) is 5.03. The van der Waals surface area contributed by atoms with Gasteiger partial charge in [0.15, 0.2) is 6.29 Å². The normalized spacial score (nSPS) is 10.5. The van der Waals surface area contributed by atoms with Gasteiger partial charge in [-0.25, -0.2) is 0 Å². The quantitative estimate of drug-likeness (QED) is 0.430. The molecule has 0 spiro atoms. The third-order valence-electron chi connectivity index (χ3n) is 2.64. The number of benzene rings is 1. The van der Waals surface area contributed by atoms with Crippen molar-refractivity contribution in [1.82, 2.24) is 0 Å². The molecule has 1 aromatic carbocycles. The zero-order chi connectivity index (χ0) is 14.4. The minimum atomic E-state index is -0.515. The smallest absolute Gasteiger partial charge is 0.270 e. The topological polar surface area (TPSA) is 72.7 Å². The number of hydrogen-bond acceptors (Lipinski definition) is 5. The van der Waals surface area contributed by atoms with Gasteiger partial charge in [-0.3, -0.25) is 14.9 Å². The first kappa shape index (κ1) is 15.1. The van der Waals surface area contributed by atoms with Gasteiger partial charge in [-0.05, 0) is 19.9 Å². The molecule has 0 aromatic heterocycles. The summed E-state index contributed by atoms with van der Waals surface area (Å²) in [4.78, 5) is 23.0. The van der Waals surface area contributed by atoms with Gasteiger partial charge in [0.05, 0.1) is 17.6 Å². The lowest BCUT2D eigenvalue weighted by Crippen LogP contribution is -2.24. The summed E-state index contributed by atoms with van der Waals surface area (Å²) >= 11 is 0. The maximum Gasteiger partial charge on any atom is 0.270 e. The lowest BCUT2D eigenvalue weighted by molar-refractivity contribution is -0.384. The van der Waals surface area contributed by atoms with Crippen molar-refractivity contribution in [2.75, 3.05) is 25.1 Å². The number of nitro benzene ring substituents is 1. The summed E-state index contributed by atoms with van der Waals surface area (Å²) in [5.41, 5.74) is 0.881. The average Bonchev–Trinajstić information content (AvgIpc) is 2.37. The summed E-state index contributed by atoms with van der Waals surface area (Å²) < 4.78 is 5.43. The number of nitrogens with zero attached hydrogens (tertiary/aromatic N) is 2. The molecule has 1 rings (SSSR count). The Labute approximate surface area is 112 Å². The van der Waals surface area contributed by atoms with Gasteiger partial charge in [0, 0.05) is 37.0 Å². The van der Waals surface area contributed by atoms with Crippen LogP contribution in [0.4, 0.5) is 11.4 Å². The average molecular weight is 266 g/mol. The van der Waals surface area contributed by atoms with E-state index in [0.717, 1.165) is 0 Å². The van der Waals surface area contributed by atoms with Crippen molar-refractivity contribution in [3.8, 4) is 0 Å². The van der Waals surface area contributed by atoms with E-state index in [2.05, 4.69) is 0 Å². The number of aldehydes is 1. The number of ether oxygens (including phenoxy) is 1. The van der Waals surface area contributed by atoms with Crippen molar-refractivity contribution < 1.29 is 14.5 Å². The van der Waals surface area contributed by atoms with Crippen LogP contribution in [0.2, 0.25) is 0 Å². The van der Waals surface area contributed by atoms with Gasteiger partial charge in [-0.15, -0.1) is 0 Å². The number of nitro groups is 1. The molecule has 0 bridgehead atoms. The third kappa shape index (κ3) is 4.33. The van der Waals surface area contributed by atoms with Gasteiger partial charge in [-0.2, -0.15) is 0 Å². The van der Waals surface area contributed by atoms with Crippen LogP contribution in [0.5, 0.6) is 0 Å². The summed E-state index contributed by atoms with van der Waals surface area (Å²) in [5, 5.41) is 10.7. The van der Waals surface area contributed by atoms with Crippen molar-refractivity contribution in [1.29, 1.82) is 0 Å². The lowest BCUT2D eigenvalue weighted by Gasteiger charge is -2.21. The fourth-order valence-electron chi connectivity index (χ4n) is 1.64. The van der Waals surface area contributed by atoms with Crippen LogP contribution in [0, 0.1) is 10.1 Å². The van der Waals surface area contributed by atoms with E-state index in [0.29, 0.717) is 30.7 Å². The van der Waals surface area contributed by atoms with E-state index in [1.54, 1.807) is 6.07 Å². The minimum Gasteiger partial charge on any atom is -0.377 e. The number of non-ortho nitro benzene ring substituents is 1. The van der Waals surface area contributed by atoms with E-state index >= 15 is 0 Å². The second-order valence-electron chi connectivity index (χ2n) is 4.46. The molecule has 0 aliphatic rings. The predicted molar refractivity (Wildman–Crippen MR) is 72.8 cm³/mol. The molecule has 0 radical (unpaired) electrons. The summed E-state index contributed by atoms with van der Waals surface area (Å²) in [5.74, 6) is 0. The van der Waals surface area contributed by atoms with Crippen molar-refractivity contribution in [3.63, 3.8) is 0 Å². The van der Waals surface area contributed by atoms with Crippen LogP contribution in [-0.4, -0.2) is 37.5 Å². The highest BCUT2D eigenvalue weighted by molar-refractivity contribution is 5.85. The molecule has 0 fully saturated rings. The zero-order valence-electron chi connectivity index (χ0n) is 11.3. The number of hydrogen-bond donors (Lipinski definition) is 0. The molecule has 19 heavy (non-hydrogen) atoms. The fourth-order valence-corrected chi connectivity index (χ4v) is 1.64. The SMILES string of the molecule is CC(C)OCCN(C)c1ccc([N+](=O)[O-])cc1C=O. The second-order valence-corrected chi connectivity index (χ2v) is 4.46. The summed E-state index contributed by atoms with van der Waals surface area (Å²) in [6.07, 6.45) is 0.776. The molecule has 0 unspecified atom stereocenters. The maximum absolute atomic E-state index is 11.0. The molecule has 6 heteroatoms. The number of anilines is 1. The molecule has 0 atom stereocenters. The minimum absolute atomic E-state index is 0.0855. The molecular weight excluding hydrogens is 248 g/mol. The van der Waals surface area contributed by atoms with Crippen LogP contribution in [0.15, 0.2) is 18.2 Å². The van der Waals surface area contributed by atoms with Crippen molar-refractivity contribution in [2.45, 2.75) is 20.0 Å². The van der Waals surface area contributed by atoms with E-state index in [9.17, 15) is 14.9 Å². The van der Waals surface area contributed by atoms with Gasteiger partial charge in [0.2, 0.25) is 0 Å². The molecule has 0 saturated carbocycles. The molecule has 0 heterocycles. The Kier molecular flexibility index (Phi) is 5.44. The Morgan fingerprint density at radius 2 is 2.16 bits per heavy atom. The zero-order valence-corrected chi connectivity index (χ0v) is 11.3. The first-order valence-corrected chi connectivity index (χ1v) is 6.02. The summed E-state index contributed by atoms with van der Waals surface area (Å²) in [6, 6.07) is 4.25. The maximum atomic E-state index is 11.0. The molecule has 1 aromatic rings. The molecule has 104 valence electrons. The molecule has 0 saturated heterocycles. The molecule has 0 N–H and O–H groups in total. The molecule has 6 nitrogen and oxygen atoms in total. The Balaban J connectivity index is 2.81. The van der Waals surface area contributed by atoms with Crippen LogP contribution < -0.4 is 4.90 Å². The molecule has 0 aliphatic carbocycles. The molecule has 0 amide bonds.